The van der Waals surface area contributed by atoms with Crippen LogP contribution in [0.1, 0.15) is 50.3 Å². The smallest absolute Gasteiger partial charge is 0.258 e. The summed E-state index contributed by atoms with van der Waals surface area (Å²) in [5, 5.41) is 16.8. The first-order valence-electron chi connectivity index (χ1n) is 15.6. The molecule has 1 saturated heterocycles. The first kappa shape index (κ1) is 35.1. The molecule has 1 aromatic heterocycles. The normalized spacial score (nSPS) is 18.7. The fourth-order valence-electron chi connectivity index (χ4n) is 5.86. The van der Waals surface area contributed by atoms with E-state index in [1.165, 1.54) is 24.5 Å². The molecular weight excluding hydrogens is 604 g/mol. The number of rotatable bonds is 12. The summed E-state index contributed by atoms with van der Waals surface area (Å²) < 4.78 is 32.9. The number of aliphatic hydroxyl groups excluding tert-OH is 1. The second kappa shape index (κ2) is 15.2. The Hall–Kier alpha value is -3.80. The Bertz CT molecular complexity index is 1560. The van der Waals surface area contributed by atoms with Crippen LogP contribution in [0.15, 0.2) is 78.0 Å². The number of aromatic nitrogens is 1. The third-order valence-corrected chi connectivity index (χ3v) is 10.4. The fraction of sp³-hybridized carbons (Fsp3) is 0.457. The molecule has 0 radical (unpaired) electrons. The highest BCUT2D eigenvalue weighted by Gasteiger charge is 2.41. The van der Waals surface area contributed by atoms with Gasteiger partial charge < -0.3 is 20.5 Å². The Labute approximate surface area is 272 Å². The Morgan fingerprint density at radius 1 is 1.02 bits per heavy atom. The molecule has 2 heterocycles. The summed E-state index contributed by atoms with van der Waals surface area (Å²) in [4.78, 5) is 32.7. The van der Waals surface area contributed by atoms with E-state index in [1.54, 1.807) is 0 Å². The van der Waals surface area contributed by atoms with Gasteiger partial charge in [0, 0.05) is 31.0 Å². The van der Waals surface area contributed by atoms with Crippen LogP contribution < -0.4 is 15.4 Å². The number of nitrogens with zero attached hydrogens (tertiary/aromatic N) is 2. The molecule has 0 unspecified atom stereocenters. The van der Waals surface area contributed by atoms with Crippen LogP contribution in [-0.4, -0.2) is 83.9 Å². The van der Waals surface area contributed by atoms with Gasteiger partial charge in [0.2, 0.25) is 5.91 Å². The molecule has 3 aromatic rings. The molecule has 10 nitrogen and oxygen atoms in total. The Morgan fingerprint density at radius 3 is 2.30 bits per heavy atom. The highest BCUT2D eigenvalue weighted by molar-refractivity contribution is 7.92. The molecule has 2 amide bonds. The summed E-state index contributed by atoms with van der Waals surface area (Å²) in [7, 11) is -3.71. The van der Waals surface area contributed by atoms with Gasteiger partial charge in [-0.15, -0.1) is 0 Å². The highest BCUT2D eigenvalue weighted by Crippen LogP contribution is 2.29. The van der Waals surface area contributed by atoms with E-state index >= 15 is 0 Å². The summed E-state index contributed by atoms with van der Waals surface area (Å²) in [5.74, 6) is -0.0399. The van der Waals surface area contributed by atoms with E-state index in [2.05, 4.69) is 15.6 Å². The van der Waals surface area contributed by atoms with Crippen LogP contribution in [0.4, 0.5) is 0 Å². The monoisotopic (exact) mass is 650 g/mol. The zero-order chi connectivity index (χ0) is 33.5. The lowest BCUT2D eigenvalue weighted by atomic mass is 9.96. The lowest BCUT2D eigenvalue weighted by molar-refractivity contribution is -0.130. The summed E-state index contributed by atoms with van der Waals surface area (Å²) in [6.45, 7) is 9.53. The molecule has 248 valence electrons. The number of ether oxygens (including phenoxy) is 1. The molecule has 4 atom stereocenters. The number of hydrogen-bond acceptors (Lipinski definition) is 8. The number of para-hydroxylation sites is 1. The van der Waals surface area contributed by atoms with E-state index in [-0.39, 0.29) is 49.2 Å². The van der Waals surface area contributed by atoms with Crippen molar-refractivity contribution in [2.45, 2.75) is 87.8 Å². The lowest BCUT2D eigenvalue weighted by Crippen LogP contribution is -2.59. The number of aliphatic hydroxyl groups is 1. The van der Waals surface area contributed by atoms with Crippen LogP contribution in [0.5, 0.6) is 5.75 Å². The number of likely N-dealkylation sites (tertiary alicyclic amines) is 1. The van der Waals surface area contributed by atoms with Gasteiger partial charge in [0.1, 0.15) is 5.75 Å². The zero-order valence-corrected chi connectivity index (χ0v) is 28.1. The van der Waals surface area contributed by atoms with E-state index < -0.39 is 38.8 Å². The largest absolute Gasteiger partial charge is 0.483 e. The Balaban J connectivity index is 1.53. The first-order valence-corrected chi connectivity index (χ1v) is 17.2. The molecule has 0 bridgehead atoms. The van der Waals surface area contributed by atoms with Gasteiger partial charge in [0.15, 0.2) is 16.4 Å². The standard InChI is InChI=1S/C35H46N4O6S/c1-24-10-9-11-25(2)33(24)45-23-32(41)37-29(20-26-12-7-6-8-13-26)31(40)22-39-19-16-28(21-30(39)34(42)38-35(3,4)5)46(43,44)27-14-17-36-18-15-27/h6-15,17-18,28-31,40H,16,19-23H2,1-5H3,(H,37,41)(H,38,42)/t28-,29+,30+,31-/m1/s1. The Kier molecular flexibility index (Phi) is 11.6. The molecular formula is C35H46N4O6S. The Morgan fingerprint density at radius 2 is 1.67 bits per heavy atom. The lowest BCUT2D eigenvalue weighted by Gasteiger charge is -2.41. The summed E-state index contributed by atoms with van der Waals surface area (Å²) in [6, 6.07) is 16.7. The number of β-amino-alcohol motifs (C(OH)–C–C–N with tert-alkyl or cyclic N) is 1. The van der Waals surface area contributed by atoms with Crippen molar-refractivity contribution in [3.8, 4) is 5.75 Å². The number of nitrogens with one attached hydrogen (secondary N) is 2. The van der Waals surface area contributed by atoms with Gasteiger partial charge in [-0.05, 0) is 82.7 Å². The SMILES string of the molecule is Cc1cccc(C)c1OCC(=O)N[C@@H](Cc1ccccc1)[C@H](O)CN1CC[C@@H](S(=O)(=O)c2ccncc2)C[C@H]1C(=O)NC(C)(C)C. The predicted octanol–water partition coefficient (Wildman–Crippen LogP) is 3.39. The van der Waals surface area contributed by atoms with Crippen molar-refractivity contribution in [1.82, 2.24) is 20.5 Å². The van der Waals surface area contributed by atoms with Crippen molar-refractivity contribution < 1.29 is 27.9 Å². The van der Waals surface area contributed by atoms with E-state index in [1.807, 2.05) is 88.0 Å². The molecule has 3 N–H and O–H groups in total. The summed E-state index contributed by atoms with van der Waals surface area (Å²) >= 11 is 0. The third-order valence-electron chi connectivity index (χ3n) is 8.17. The second-order valence-corrected chi connectivity index (χ2v) is 15.3. The number of piperidine rings is 1. The van der Waals surface area contributed by atoms with Crippen LogP contribution in [0.3, 0.4) is 0 Å². The van der Waals surface area contributed by atoms with Gasteiger partial charge in [0.25, 0.3) is 5.91 Å². The summed E-state index contributed by atoms with van der Waals surface area (Å²) in [6.07, 6.45) is 2.52. The minimum absolute atomic E-state index is 0.0554. The highest BCUT2D eigenvalue weighted by atomic mass is 32.2. The maximum absolute atomic E-state index is 13.6. The minimum atomic E-state index is -3.71. The predicted molar refractivity (Wildman–Crippen MR) is 177 cm³/mol. The number of carbonyl (C=O) groups is 2. The van der Waals surface area contributed by atoms with Gasteiger partial charge in [-0.3, -0.25) is 19.5 Å². The number of aryl methyl sites for hydroxylation is 2. The van der Waals surface area contributed by atoms with Gasteiger partial charge >= 0.3 is 0 Å². The topological polar surface area (TPSA) is 138 Å². The number of hydrogen-bond donors (Lipinski definition) is 3. The van der Waals surface area contributed by atoms with Gasteiger partial charge in [-0.2, -0.15) is 0 Å². The van der Waals surface area contributed by atoms with Crippen molar-refractivity contribution in [2.24, 2.45) is 0 Å². The van der Waals surface area contributed by atoms with Gasteiger partial charge in [-0.1, -0.05) is 48.5 Å². The van der Waals surface area contributed by atoms with Crippen LogP contribution >= 0.6 is 0 Å². The van der Waals surface area contributed by atoms with Crippen molar-refractivity contribution >= 4 is 21.7 Å². The van der Waals surface area contributed by atoms with Crippen molar-refractivity contribution in [1.29, 1.82) is 0 Å². The molecule has 0 spiro atoms. The van der Waals surface area contributed by atoms with Crippen molar-refractivity contribution in [2.75, 3.05) is 19.7 Å². The molecule has 1 aliphatic rings. The van der Waals surface area contributed by atoms with Gasteiger partial charge in [-0.25, -0.2) is 8.42 Å². The molecule has 11 heteroatoms. The average molecular weight is 651 g/mol. The third kappa shape index (κ3) is 9.37. The molecule has 46 heavy (non-hydrogen) atoms. The quantitative estimate of drug-likeness (QED) is 0.271. The van der Waals surface area contributed by atoms with E-state index in [4.69, 9.17) is 4.74 Å². The van der Waals surface area contributed by atoms with Crippen LogP contribution in [0.2, 0.25) is 0 Å². The number of amides is 2. The maximum atomic E-state index is 13.6. The van der Waals surface area contributed by atoms with Crippen molar-refractivity contribution in [3.63, 3.8) is 0 Å². The first-order chi connectivity index (χ1) is 21.7. The van der Waals surface area contributed by atoms with Crippen LogP contribution in [0, 0.1) is 13.8 Å². The molecule has 1 aliphatic heterocycles. The molecule has 1 fully saturated rings. The zero-order valence-electron chi connectivity index (χ0n) is 27.3. The maximum Gasteiger partial charge on any atom is 0.258 e. The van der Waals surface area contributed by atoms with E-state index in [9.17, 15) is 23.1 Å². The molecule has 0 aliphatic carbocycles. The molecule has 2 aromatic carbocycles. The number of benzene rings is 2. The van der Waals surface area contributed by atoms with Crippen molar-refractivity contribution in [3.05, 3.63) is 89.7 Å². The molecule has 0 saturated carbocycles. The van der Waals surface area contributed by atoms with Crippen LogP contribution in [0.25, 0.3) is 0 Å². The summed E-state index contributed by atoms with van der Waals surface area (Å²) in [5.41, 5.74) is 2.22. The number of pyridine rings is 1. The average Bonchev–Trinajstić information content (AvgIpc) is 3.00. The van der Waals surface area contributed by atoms with Gasteiger partial charge in [0.05, 0.1) is 28.3 Å². The fourth-order valence-corrected chi connectivity index (χ4v) is 7.60. The molecule has 4 rings (SSSR count). The second-order valence-electron chi connectivity index (χ2n) is 13.1. The number of carbonyl (C=O) groups excluding carboxylic acids is 2. The van der Waals surface area contributed by atoms with E-state index in [0.717, 1.165) is 16.7 Å². The van der Waals surface area contributed by atoms with Crippen LogP contribution in [-0.2, 0) is 25.8 Å². The van der Waals surface area contributed by atoms with E-state index in [0.29, 0.717) is 12.2 Å². The minimum Gasteiger partial charge on any atom is -0.483 e. The number of sulfone groups is 1.